The van der Waals surface area contributed by atoms with Gasteiger partial charge >= 0.3 is 0 Å². The van der Waals surface area contributed by atoms with E-state index in [9.17, 15) is 9.18 Å². The molecule has 2 nitrogen and oxygen atoms in total. The van der Waals surface area contributed by atoms with Gasteiger partial charge in [-0.25, -0.2) is 4.39 Å². The second-order valence-corrected chi connectivity index (χ2v) is 5.74. The Morgan fingerprint density at radius 1 is 1.44 bits per heavy atom. The molecule has 98 valence electrons. The first-order valence-corrected chi connectivity index (χ1v) is 7.03. The molecule has 0 N–H and O–H groups in total. The van der Waals surface area contributed by atoms with Crippen LogP contribution in [0.1, 0.15) is 28.8 Å². The molecule has 0 bridgehead atoms. The molecule has 2 rings (SSSR count). The summed E-state index contributed by atoms with van der Waals surface area (Å²) < 4.78 is 13.0. The van der Waals surface area contributed by atoms with Gasteiger partial charge in [0.15, 0.2) is 5.78 Å². The number of benzene rings is 1. The molecule has 1 aromatic rings. The lowest BCUT2D eigenvalue weighted by atomic mass is 10.0. The lowest BCUT2D eigenvalue weighted by molar-refractivity contribution is 0.0975. The molecule has 1 saturated heterocycles. The maximum absolute atomic E-state index is 13.0. The van der Waals surface area contributed by atoms with Crippen LogP contribution in [-0.4, -0.2) is 36.0 Å². The van der Waals surface area contributed by atoms with E-state index in [1.165, 1.54) is 25.0 Å². The summed E-state index contributed by atoms with van der Waals surface area (Å²) in [7, 11) is 2.63. The molecule has 0 aromatic heterocycles. The third kappa shape index (κ3) is 3.15. The molecule has 1 heterocycles. The van der Waals surface area contributed by atoms with Crippen LogP contribution in [0.15, 0.2) is 18.2 Å². The van der Waals surface area contributed by atoms with Crippen molar-refractivity contribution >= 4 is 15.0 Å². The minimum atomic E-state index is -0.288. The Labute approximate surface area is 110 Å². The summed E-state index contributed by atoms with van der Waals surface area (Å²) in [6.45, 7) is 4.73. The molecule has 4 heteroatoms. The number of likely N-dealkylation sites (tertiary alicyclic amines) is 1. The van der Waals surface area contributed by atoms with Gasteiger partial charge in [-0.3, -0.25) is 4.79 Å². The Kier molecular flexibility index (Phi) is 4.47. The van der Waals surface area contributed by atoms with Gasteiger partial charge in [-0.05, 0) is 56.6 Å². The van der Waals surface area contributed by atoms with Gasteiger partial charge in [0.1, 0.15) is 5.82 Å². The minimum Gasteiger partial charge on any atom is -0.302 e. The predicted octanol–water partition coefficient (Wildman–Crippen LogP) is 2.66. The van der Waals surface area contributed by atoms with Crippen LogP contribution in [0.4, 0.5) is 4.39 Å². The van der Waals surface area contributed by atoms with Gasteiger partial charge < -0.3 is 4.90 Å². The van der Waals surface area contributed by atoms with Crippen molar-refractivity contribution in [2.24, 2.45) is 0 Å². The van der Waals surface area contributed by atoms with Crippen LogP contribution in [-0.2, 0) is 0 Å². The van der Waals surface area contributed by atoms with Crippen molar-refractivity contribution in [2.75, 3.05) is 19.6 Å². The molecular formula is C14H19FNOP. The van der Waals surface area contributed by atoms with E-state index in [1.807, 2.05) is 0 Å². The molecule has 0 spiro atoms. The molecule has 0 radical (unpaired) electrons. The van der Waals surface area contributed by atoms with Crippen LogP contribution in [0.2, 0.25) is 0 Å². The third-order valence-corrected chi connectivity index (χ3v) is 3.96. The monoisotopic (exact) mass is 267 g/mol. The molecule has 2 unspecified atom stereocenters. The van der Waals surface area contributed by atoms with Crippen molar-refractivity contribution in [3.8, 4) is 0 Å². The normalized spacial score (nSPS) is 17.9. The Morgan fingerprint density at radius 3 is 2.72 bits per heavy atom. The highest BCUT2D eigenvalue weighted by Crippen LogP contribution is 2.18. The smallest absolute Gasteiger partial charge is 0.171 e. The van der Waals surface area contributed by atoms with E-state index in [4.69, 9.17) is 0 Å². The number of carbonyl (C=O) groups is 1. The average Bonchev–Trinajstić information content (AvgIpc) is 2.81. The quantitative estimate of drug-likeness (QED) is 0.617. The molecule has 1 fully saturated rings. The zero-order chi connectivity index (χ0) is 13.1. The van der Waals surface area contributed by atoms with Crippen LogP contribution in [0.25, 0.3) is 0 Å². The highest BCUT2D eigenvalue weighted by Gasteiger charge is 2.21. The Balaban J connectivity index is 2.05. The van der Waals surface area contributed by atoms with Crippen molar-refractivity contribution < 1.29 is 9.18 Å². The Morgan fingerprint density at radius 2 is 2.11 bits per heavy atom. The van der Waals surface area contributed by atoms with Gasteiger partial charge in [0.2, 0.25) is 0 Å². The number of nitrogens with zero attached hydrogens (tertiary/aromatic N) is 1. The van der Waals surface area contributed by atoms with Gasteiger partial charge in [-0.1, -0.05) is 0 Å². The molecule has 1 aliphatic heterocycles. The van der Waals surface area contributed by atoms with Gasteiger partial charge in [0.25, 0.3) is 0 Å². The van der Waals surface area contributed by atoms with Crippen LogP contribution in [0.5, 0.6) is 0 Å². The SMILES string of the molecule is Cc1cc(F)ccc1C(=O)C(P)CN1CCCC1. The Hall–Kier alpha value is -0.790. The summed E-state index contributed by atoms with van der Waals surface area (Å²) in [6.07, 6.45) is 2.45. The van der Waals surface area contributed by atoms with E-state index in [0.717, 1.165) is 19.6 Å². The second kappa shape index (κ2) is 5.90. The van der Waals surface area contributed by atoms with Gasteiger partial charge in [0, 0.05) is 17.8 Å². The van der Waals surface area contributed by atoms with E-state index >= 15 is 0 Å². The lowest BCUT2D eigenvalue weighted by Crippen LogP contribution is -2.31. The molecular weight excluding hydrogens is 248 g/mol. The molecule has 0 aliphatic carbocycles. The number of rotatable bonds is 4. The van der Waals surface area contributed by atoms with E-state index in [1.54, 1.807) is 13.0 Å². The van der Waals surface area contributed by atoms with Crippen molar-refractivity contribution in [3.63, 3.8) is 0 Å². The molecule has 18 heavy (non-hydrogen) atoms. The largest absolute Gasteiger partial charge is 0.302 e. The zero-order valence-corrected chi connectivity index (χ0v) is 11.8. The summed E-state index contributed by atoms with van der Waals surface area (Å²) in [5.74, 6) is -0.201. The summed E-state index contributed by atoms with van der Waals surface area (Å²) >= 11 is 0. The van der Waals surface area contributed by atoms with E-state index in [2.05, 4.69) is 14.1 Å². The van der Waals surface area contributed by atoms with Crippen molar-refractivity contribution in [1.29, 1.82) is 0 Å². The molecule has 2 atom stereocenters. The summed E-state index contributed by atoms with van der Waals surface area (Å²) in [6, 6.07) is 4.36. The second-order valence-electron chi connectivity index (χ2n) is 4.94. The number of hydrogen-bond acceptors (Lipinski definition) is 2. The first-order chi connectivity index (χ1) is 8.58. The molecule has 1 aliphatic rings. The van der Waals surface area contributed by atoms with Crippen molar-refractivity contribution in [3.05, 3.63) is 35.1 Å². The topological polar surface area (TPSA) is 20.3 Å². The zero-order valence-electron chi connectivity index (χ0n) is 10.7. The van der Waals surface area contributed by atoms with E-state index in [0.29, 0.717) is 11.1 Å². The standard InChI is InChI=1S/C14H19FNOP/c1-10-8-11(15)4-5-12(10)14(17)13(18)9-16-6-2-3-7-16/h4-5,8,13H,2-3,6-7,9,18H2,1H3. The van der Waals surface area contributed by atoms with E-state index < -0.39 is 0 Å². The van der Waals surface area contributed by atoms with Crippen LogP contribution in [0, 0.1) is 12.7 Å². The van der Waals surface area contributed by atoms with E-state index in [-0.39, 0.29) is 17.3 Å². The number of carbonyl (C=O) groups excluding carboxylic acids is 1. The van der Waals surface area contributed by atoms with Gasteiger partial charge in [0.05, 0.1) is 0 Å². The van der Waals surface area contributed by atoms with Crippen molar-refractivity contribution in [1.82, 2.24) is 4.90 Å². The number of halogens is 1. The number of hydrogen-bond donors (Lipinski definition) is 0. The van der Waals surface area contributed by atoms with Crippen LogP contribution >= 0.6 is 9.24 Å². The first kappa shape index (κ1) is 13.6. The molecule has 0 amide bonds. The highest BCUT2D eigenvalue weighted by molar-refractivity contribution is 7.19. The summed E-state index contributed by atoms with van der Waals surface area (Å²) in [5.41, 5.74) is 1.25. The first-order valence-electron chi connectivity index (χ1n) is 6.36. The highest BCUT2D eigenvalue weighted by atomic mass is 31.0. The summed E-state index contributed by atoms with van der Waals surface area (Å²) in [5, 5.41) is 0. The minimum absolute atomic E-state index is 0.0874. The maximum atomic E-state index is 13.0. The maximum Gasteiger partial charge on any atom is 0.171 e. The number of ketones is 1. The average molecular weight is 267 g/mol. The van der Waals surface area contributed by atoms with Gasteiger partial charge in [-0.15, -0.1) is 9.24 Å². The lowest BCUT2D eigenvalue weighted by Gasteiger charge is -2.19. The summed E-state index contributed by atoms with van der Waals surface area (Å²) in [4.78, 5) is 14.6. The van der Waals surface area contributed by atoms with Gasteiger partial charge in [-0.2, -0.15) is 0 Å². The fraction of sp³-hybridized carbons (Fsp3) is 0.500. The van der Waals surface area contributed by atoms with Crippen molar-refractivity contribution in [2.45, 2.75) is 25.4 Å². The fourth-order valence-corrected chi connectivity index (χ4v) is 2.91. The number of Topliss-reactive ketones (excluding diaryl/α,β-unsaturated/α-hetero) is 1. The third-order valence-electron chi connectivity index (χ3n) is 3.44. The fourth-order valence-electron chi connectivity index (χ4n) is 2.43. The van der Waals surface area contributed by atoms with Crippen LogP contribution in [0.3, 0.4) is 0 Å². The number of aryl methyl sites for hydroxylation is 1. The predicted molar refractivity (Wildman–Crippen MR) is 74.6 cm³/mol. The molecule has 1 aromatic carbocycles. The van der Waals surface area contributed by atoms with Crippen LogP contribution < -0.4 is 0 Å². The molecule has 0 saturated carbocycles. The Bertz CT molecular complexity index is 443.